The van der Waals surface area contributed by atoms with Crippen LogP contribution in [0.25, 0.3) is 11.3 Å². The number of sulfonamides is 1. The highest BCUT2D eigenvalue weighted by Gasteiger charge is 2.19. The summed E-state index contributed by atoms with van der Waals surface area (Å²) in [6.45, 7) is 3.44. The Labute approximate surface area is 145 Å². The fourth-order valence-corrected chi connectivity index (χ4v) is 3.72. The number of nitrogens with one attached hydrogen (secondary N) is 1. The zero-order valence-corrected chi connectivity index (χ0v) is 14.5. The van der Waals surface area contributed by atoms with Gasteiger partial charge in [0.2, 0.25) is 0 Å². The molecule has 0 aliphatic heterocycles. The van der Waals surface area contributed by atoms with Crippen LogP contribution in [0.2, 0.25) is 0 Å². The largest absolute Gasteiger partial charge is 0.441 e. The van der Waals surface area contributed by atoms with Gasteiger partial charge in [-0.15, -0.1) is 0 Å². The number of aromatic nitrogens is 1. The van der Waals surface area contributed by atoms with E-state index in [1.54, 1.807) is 56.4 Å². The Kier molecular flexibility index (Phi) is 4.30. The lowest BCUT2D eigenvalue weighted by Gasteiger charge is -2.11. The van der Waals surface area contributed by atoms with Crippen molar-refractivity contribution in [3.8, 4) is 17.4 Å². The predicted octanol–water partition coefficient (Wildman–Crippen LogP) is 3.63. The van der Waals surface area contributed by atoms with Crippen LogP contribution in [0.5, 0.6) is 0 Å². The molecule has 25 heavy (non-hydrogen) atoms. The average molecular weight is 353 g/mol. The molecule has 1 N–H and O–H groups in total. The van der Waals surface area contributed by atoms with Crippen molar-refractivity contribution in [2.45, 2.75) is 18.7 Å². The number of hydrogen-bond donors (Lipinski definition) is 1. The Morgan fingerprint density at radius 3 is 2.64 bits per heavy atom. The molecule has 0 spiro atoms. The molecule has 0 saturated carbocycles. The Bertz CT molecular complexity index is 1080. The topological polar surface area (TPSA) is 96.0 Å². The Morgan fingerprint density at radius 2 is 1.96 bits per heavy atom. The summed E-state index contributed by atoms with van der Waals surface area (Å²) in [6, 6.07) is 13.3. The van der Waals surface area contributed by atoms with Crippen LogP contribution < -0.4 is 4.72 Å². The minimum atomic E-state index is -3.81. The van der Waals surface area contributed by atoms with Crippen molar-refractivity contribution in [1.82, 2.24) is 4.98 Å². The minimum absolute atomic E-state index is 0.140. The summed E-state index contributed by atoms with van der Waals surface area (Å²) in [5.74, 6) is 1.01. The highest BCUT2D eigenvalue weighted by Crippen LogP contribution is 2.27. The summed E-state index contributed by atoms with van der Waals surface area (Å²) in [5.41, 5.74) is 1.93. The fraction of sp³-hybridized carbons (Fsp3) is 0.111. The molecule has 0 unspecified atom stereocenters. The number of benzene rings is 2. The van der Waals surface area contributed by atoms with E-state index in [1.165, 1.54) is 6.07 Å². The van der Waals surface area contributed by atoms with Crippen LogP contribution >= 0.6 is 0 Å². The van der Waals surface area contributed by atoms with E-state index in [1.807, 2.05) is 6.07 Å². The van der Waals surface area contributed by atoms with Gasteiger partial charge in [0.25, 0.3) is 10.0 Å². The van der Waals surface area contributed by atoms with Crippen molar-refractivity contribution in [2.24, 2.45) is 0 Å². The molecule has 0 radical (unpaired) electrons. The summed E-state index contributed by atoms with van der Waals surface area (Å²) < 4.78 is 33.5. The zero-order chi connectivity index (χ0) is 18.0. The van der Waals surface area contributed by atoms with Gasteiger partial charge in [-0.1, -0.05) is 18.2 Å². The molecule has 3 rings (SSSR count). The molecule has 6 nitrogen and oxygen atoms in total. The van der Waals surface area contributed by atoms with Gasteiger partial charge in [0.05, 0.1) is 28.4 Å². The third-order valence-corrected chi connectivity index (χ3v) is 5.15. The van der Waals surface area contributed by atoms with Gasteiger partial charge in [-0.2, -0.15) is 5.26 Å². The SMILES string of the molecule is Cc1ncc(-c2ccc(C)c(S(=O)(=O)Nc3cccc(C#N)c3)c2)o1. The van der Waals surface area contributed by atoms with E-state index >= 15 is 0 Å². The number of oxazole rings is 1. The normalized spacial score (nSPS) is 11.1. The summed E-state index contributed by atoms with van der Waals surface area (Å²) in [5, 5.41) is 8.94. The van der Waals surface area contributed by atoms with E-state index in [2.05, 4.69) is 9.71 Å². The standard InChI is InChI=1S/C18H15N3O3S/c1-12-6-7-15(17-11-20-13(2)24-17)9-18(12)25(22,23)21-16-5-3-4-14(8-16)10-19/h3-9,11,21H,1-2H3. The Balaban J connectivity index is 2.00. The van der Waals surface area contributed by atoms with E-state index in [-0.39, 0.29) is 4.90 Å². The van der Waals surface area contributed by atoms with Crippen LogP contribution in [0.15, 0.2) is 58.0 Å². The number of nitriles is 1. The molecule has 1 aromatic heterocycles. The number of nitrogens with zero attached hydrogens (tertiary/aromatic N) is 2. The van der Waals surface area contributed by atoms with Crippen LogP contribution in [0.4, 0.5) is 5.69 Å². The first-order valence-electron chi connectivity index (χ1n) is 7.45. The predicted molar refractivity (Wildman–Crippen MR) is 93.4 cm³/mol. The van der Waals surface area contributed by atoms with E-state index in [0.717, 1.165) is 0 Å². The molecular weight excluding hydrogens is 338 g/mol. The number of hydrogen-bond acceptors (Lipinski definition) is 5. The van der Waals surface area contributed by atoms with Crippen molar-refractivity contribution in [2.75, 3.05) is 4.72 Å². The average Bonchev–Trinajstić information content (AvgIpc) is 3.01. The van der Waals surface area contributed by atoms with Crippen LogP contribution in [0, 0.1) is 25.2 Å². The monoisotopic (exact) mass is 353 g/mol. The first kappa shape index (κ1) is 16.7. The van der Waals surface area contributed by atoms with Crippen molar-refractivity contribution < 1.29 is 12.8 Å². The second kappa shape index (κ2) is 6.42. The third kappa shape index (κ3) is 3.54. The fourth-order valence-electron chi connectivity index (χ4n) is 2.40. The van der Waals surface area contributed by atoms with Gasteiger partial charge in [0.15, 0.2) is 11.7 Å². The first-order valence-corrected chi connectivity index (χ1v) is 8.94. The zero-order valence-electron chi connectivity index (χ0n) is 13.6. The van der Waals surface area contributed by atoms with Crippen molar-refractivity contribution in [1.29, 1.82) is 5.26 Å². The molecule has 7 heteroatoms. The Morgan fingerprint density at radius 1 is 1.16 bits per heavy atom. The summed E-state index contributed by atoms with van der Waals surface area (Å²) in [4.78, 5) is 4.17. The van der Waals surface area contributed by atoms with E-state index in [4.69, 9.17) is 9.68 Å². The lowest BCUT2D eigenvalue weighted by atomic mass is 10.1. The van der Waals surface area contributed by atoms with Crippen LogP contribution in [0.3, 0.4) is 0 Å². The van der Waals surface area contributed by atoms with Crippen molar-refractivity contribution in [3.63, 3.8) is 0 Å². The van der Waals surface area contributed by atoms with Crippen LogP contribution in [-0.4, -0.2) is 13.4 Å². The van der Waals surface area contributed by atoms with Crippen LogP contribution in [-0.2, 0) is 10.0 Å². The summed E-state index contributed by atoms with van der Waals surface area (Å²) in [7, 11) is -3.81. The van der Waals surface area contributed by atoms with E-state index in [0.29, 0.717) is 34.0 Å². The summed E-state index contributed by atoms with van der Waals surface area (Å²) >= 11 is 0. The Hall–Kier alpha value is -3.11. The molecule has 3 aromatic rings. The van der Waals surface area contributed by atoms with Crippen molar-refractivity contribution >= 4 is 15.7 Å². The number of anilines is 1. The molecule has 0 aliphatic carbocycles. The molecule has 0 fully saturated rings. The lowest BCUT2D eigenvalue weighted by Crippen LogP contribution is -2.14. The van der Waals surface area contributed by atoms with Gasteiger partial charge in [0.1, 0.15) is 0 Å². The minimum Gasteiger partial charge on any atom is -0.441 e. The summed E-state index contributed by atoms with van der Waals surface area (Å²) in [6.07, 6.45) is 1.56. The van der Waals surface area contributed by atoms with Gasteiger partial charge >= 0.3 is 0 Å². The molecule has 0 amide bonds. The second-order valence-electron chi connectivity index (χ2n) is 5.52. The van der Waals surface area contributed by atoms with Crippen LogP contribution in [0.1, 0.15) is 17.0 Å². The maximum atomic E-state index is 12.8. The highest BCUT2D eigenvalue weighted by molar-refractivity contribution is 7.92. The van der Waals surface area contributed by atoms with Gasteiger partial charge in [0, 0.05) is 12.5 Å². The molecule has 2 aromatic carbocycles. The van der Waals surface area contributed by atoms with Gasteiger partial charge in [-0.05, 0) is 36.8 Å². The quantitative estimate of drug-likeness (QED) is 0.772. The van der Waals surface area contributed by atoms with Gasteiger partial charge in [-0.25, -0.2) is 13.4 Å². The maximum absolute atomic E-state index is 12.8. The highest BCUT2D eigenvalue weighted by atomic mass is 32.2. The number of rotatable bonds is 4. The van der Waals surface area contributed by atoms with Crippen molar-refractivity contribution in [3.05, 3.63) is 65.7 Å². The third-order valence-electron chi connectivity index (χ3n) is 3.63. The smallest absolute Gasteiger partial charge is 0.262 e. The molecule has 0 atom stereocenters. The van der Waals surface area contributed by atoms with Gasteiger partial charge in [-0.3, -0.25) is 4.72 Å². The molecular formula is C18H15N3O3S. The van der Waals surface area contributed by atoms with E-state index in [9.17, 15) is 8.42 Å². The number of aryl methyl sites for hydroxylation is 2. The lowest BCUT2D eigenvalue weighted by molar-refractivity contribution is 0.534. The molecule has 0 aliphatic rings. The second-order valence-corrected chi connectivity index (χ2v) is 7.17. The van der Waals surface area contributed by atoms with E-state index < -0.39 is 10.0 Å². The maximum Gasteiger partial charge on any atom is 0.262 e. The molecule has 0 bridgehead atoms. The first-order chi connectivity index (χ1) is 11.9. The molecule has 0 saturated heterocycles. The van der Waals surface area contributed by atoms with Gasteiger partial charge < -0.3 is 4.42 Å². The molecule has 126 valence electrons. The molecule has 1 heterocycles.